The molecule has 1 unspecified atom stereocenters. The van der Waals surface area contributed by atoms with E-state index in [1.807, 2.05) is 26.8 Å². The fourth-order valence-electron chi connectivity index (χ4n) is 4.34. The van der Waals surface area contributed by atoms with E-state index in [1.54, 1.807) is 50.2 Å². The fourth-order valence-corrected chi connectivity index (χ4v) is 5.82. The van der Waals surface area contributed by atoms with Crippen LogP contribution in [0.4, 0.5) is 10.1 Å². The molecule has 0 aliphatic carbocycles. The second kappa shape index (κ2) is 13.6. The first-order chi connectivity index (χ1) is 18.9. The third-order valence-corrected chi connectivity index (χ3v) is 8.55. The van der Waals surface area contributed by atoms with Crippen LogP contribution >= 0.6 is 0 Å². The molecule has 3 aromatic carbocycles. The quantitative estimate of drug-likeness (QED) is 0.302. The number of hydrogen-bond acceptors (Lipinski definition) is 4. The van der Waals surface area contributed by atoms with Gasteiger partial charge in [-0.25, -0.2) is 12.8 Å². The molecular formula is C31H38FN3O4S. The van der Waals surface area contributed by atoms with Crippen LogP contribution in [0.3, 0.4) is 0 Å². The minimum atomic E-state index is -4.14. The monoisotopic (exact) mass is 567 g/mol. The van der Waals surface area contributed by atoms with Gasteiger partial charge in [-0.2, -0.15) is 0 Å². The van der Waals surface area contributed by atoms with Crippen molar-refractivity contribution in [3.05, 3.63) is 94.8 Å². The van der Waals surface area contributed by atoms with E-state index in [4.69, 9.17) is 0 Å². The number of hydrogen-bond donors (Lipinski definition) is 1. The maximum atomic E-state index is 14.0. The van der Waals surface area contributed by atoms with Crippen LogP contribution in [0.2, 0.25) is 0 Å². The highest BCUT2D eigenvalue weighted by Crippen LogP contribution is 2.28. The van der Waals surface area contributed by atoms with Crippen LogP contribution < -0.4 is 9.62 Å². The van der Waals surface area contributed by atoms with Gasteiger partial charge in [0.25, 0.3) is 10.0 Å². The van der Waals surface area contributed by atoms with Crippen LogP contribution in [0.5, 0.6) is 0 Å². The highest BCUT2D eigenvalue weighted by Gasteiger charge is 2.33. The van der Waals surface area contributed by atoms with Crippen LogP contribution in [-0.2, 0) is 26.2 Å². The van der Waals surface area contributed by atoms with Gasteiger partial charge in [0.15, 0.2) is 0 Å². The molecule has 7 nitrogen and oxygen atoms in total. The molecule has 40 heavy (non-hydrogen) atoms. The first-order valence-electron chi connectivity index (χ1n) is 13.4. The molecule has 1 N–H and O–H groups in total. The second-order valence-electron chi connectivity index (χ2n) is 10.1. The summed E-state index contributed by atoms with van der Waals surface area (Å²) < 4.78 is 42.6. The Balaban J connectivity index is 2.03. The van der Waals surface area contributed by atoms with Crippen LogP contribution in [0.15, 0.2) is 71.6 Å². The lowest BCUT2D eigenvalue weighted by Crippen LogP contribution is -2.51. The molecule has 3 rings (SSSR count). The van der Waals surface area contributed by atoms with Crippen molar-refractivity contribution in [1.29, 1.82) is 0 Å². The first-order valence-corrected chi connectivity index (χ1v) is 14.9. The predicted molar refractivity (Wildman–Crippen MR) is 156 cm³/mol. The summed E-state index contributed by atoms with van der Waals surface area (Å²) in [5.41, 5.74) is 3.54. The second-order valence-corrected chi connectivity index (χ2v) is 11.9. The molecule has 0 saturated carbocycles. The van der Waals surface area contributed by atoms with E-state index in [-0.39, 0.29) is 17.3 Å². The molecule has 0 fully saturated rings. The summed E-state index contributed by atoms with van der Waals surface area (Å²) in [6.07, 6.45) is 1.69. The molecule has 0 aromatic heterocycles. The van der Waals surface area contributed by atoms with Crippen molar-refractivity contribution < 1.29 is 22.4 Å². The number of nitrogens with one attached hydrogen (secondary N) is 1. The molecule has 0 radical (unpaired) electrons. The van der Waals surface area contributed by atoms with Gasteiger partial charge in [-0.15, -0.1) is 0 Å². The van der Waals surface area contributed by atoms with E-state index in [9.17, 15) is 22.4 Å². The van der Waals surface area contributed by atoms with Crippen molar-refractivity contribution >= 4 is 27.5 Å². The predicted octanol–water partition coefficient (Wildman–Crippen LogP) is 5.28. The normalized spacial score (nSPS) is 12.1. The Morgan fingerprint density at radius 2 is 1.55 bits per heavy atom. The Labute approximate surface area is 237 Å². The lowest BCUT2D eigenvalue weighted by Gasteiger charge is -2.32. The van der Waals surface area contributed by atoms with E-state index in [1.165, 1.54) is 29.2 Å². The van der Waals surface area contributed by atoms with Crippen molar-refractivity contribution in [2.45, 2.75) is 64.9 Å². The molecule has 0 aliphatic rings. The lowest BCUT2D eigenvalue weighted by molar-refractivity contribution is -0.139. The number of sulfonamides is 1. The van der Waals surface area contributed by atoms with E-state index in [0.29, 0.717) is 23.4 Å². The average Bonchev–Trinajstić information content (AvgIpc) is 2.91. The van der Waals surface area contributed by atoms with Crippen molar-refractivity contribution in [3.8, 4) is 0 Å². The molecular weight excluding hydrogens is 529 g/mol. The minimum absolute atomic E-state index is 0.00672. The largest absolute Gasteiger partial charge is 0.354 e. The van der Waals surface area contributed by atoms with Gasteiger partial charge in [0.2, 0.25) is 11.8 Å². The van der Waals surface area contributed by atoms with Gasteiger partial charge in [0.05, 0.1) is 10.6 Å². The Morgan fingerprint density at radius 3 is 2.15 bits per heavy atom. The number of unbranched alkanes of at least 4 members (excludes halogenated alkanes) is 1. The van der Waals surface area contributed by atoms with Gasteiger partial charge in [0, 0.05) is 13.1 Å². The molecule has 9 heteroatoms. The highest BCUT2D eigenvalue weighted by atomic mass is 32.2. The van der Waals surface area contributed by atoms with Crippen LogP contribution in [0, 0.1) is 26.6 Å². The zero-order chi connectivity index (χ0) is 29.4. The average molecular weight is 568 g/mol. The lowest BCUT2D eigenvalue weighted by atomic mass is 10.1. The van der Waals surface area contributed by atoms with E-state index in [0.717, 1.165) is 28.3 Å². The number of amides is 2. The Hall–Kier alpha value is -3.72. The number of carbonyl (C=O) groups is 2. The number of aryl methyl sites for hydroxylation is 3. The van der Waals surface area contributed by atoms with Gasteiger partial charge in [-0.3, -0.25) is 13.9 Å². The summed E-state index contributed by atoms with van der Waals surface area (Å²) in [6.45, 7) is 9.14. The summed E-state index contributed by atoms with van der Waals surface area (Å²) in [6, 6.07) is 16.6. The van der Waals surface area contributed by atoms with Gasteiger partial charge in [-0.1, -0.05) is 60.9 Å². The number of halogens is 1. The zero-order valence-corrected chi connectivity index (χ0v) is 24.6. The van der Waals surface area contributed by atoms with Crippen molar-refractivity contribution in [2.75, 3.05) is 17.4 Å². The fraction of sp³-hybridized carbons (Fsp3) is 0.355. The van der Waals surface area contributed by atoms with Gasteiger partial charge in [-0.05, 0) is 75.6 Å². The molecule has 0 saturated heterocycles. The summed E-state index contributed by atoms with van der Waals surface area (Å²) >= 11 is 0. The summed E-state index contributed by atoms with van der Waals surface area (Å²) in [7, 11) is -4.14. The molecule has 0 spiro atoms. The first kappa shape index (κ1) is 30.8. The molecule has 0 bridgehead atoms. The molecule has 2 amide bonds. The third-order valence-electron chi connectivity index (χ3n) is 6.77. The molecule has 3 aromatic rings. The number of benzene rings is 3. The van der Waals surface area contributed by atoms with Crippen LogP contribution in [-0.4, -0.2) is 44.3 Å². The number of nitrogens with zero attached hydrogens (tertiary/aromatic N) is 2. The van der Waals surface area contributed by atoms with Crippen molar-refractivity contribution in [2.24, 2.45) is 0 Å². The molecule has 0 aliphatic heterocycles. The van der Waals surface area contributed by atoms with Gasteiger partial charge < -0.3 is 10.2 Å². The Bertz CT molecular complexity index is 1420. The number of rotatable bonds is 12. The van der Waals surface area contributed by atoms with Crippen molar-refractivity contribution in [1.82, 2.24) is 10.2 Å². The summed E-state index contributed by atoms with van der Waals surface area (Å²) in [5.74, 6) is -1.32. The van der Waals surface area contributed by atoms with E-state index < -0.39 is 34.3 Å². The Kier molecular flexibility index (Phi) is 10.5. The number of carbonyl (C=O) groups excluding carboxylic acids is 2. The van der Waals surface area contributed by atoms with Gasteiger partial charge >= 0.3 is 0 Å². The van der Waals surface area contributed by atoms with E-state index in [2.05, 4.69) is 5.32 Å². The maximum absolute atomic E-state index is 14.0. The topological polar surface area (TPSA) is 86.8 Å². The molecule has 1 atom stereocenters. The van der Waals surface area contributed by atoms with Crippen LogP contribution in [0.1, 0.15) is 48.9 Å². The van der Waals surface area contributed by atoms with Crippen LogP contribution in [0.25, 0.3) is 0 Å². The smallest absolute Gasteiger partial charge is 0.264 e. The van der Waals surface area contributed by atoms with Crippen molar-refractivity contribution in [3.63, 3.8) is 0 Å². The van der Waals surface area contributed by atoms with E-state index >= 15 is 0 Å². The zero-order valence-electron chi connectivity index (χ0n) is 23.8. The van der Waals surface area contributed by atoms with Gasteiger partial charge in [0.1, 0.15) is 18.4 Å². The Morgan fingerprint density at radius 1 is 0.925 bits per heavy atom. The maximum Gasteiger partial charge on any atom is 0.264 e. The molecule has 214 valence electrons. The summed E-state index contributed by atoms with van der Waals surface area (Å²) in [4.78, 5) is 28.4. The molecule has 0 heterocycles. The summed E-state index contributed by atoms with van der Waals surface area (Å²) in [5, 5.41) is 2.85. The standard InChI is InChI=1S/C31H38FN3O4S/c1-6-7-18-33-31(37)25(5)34(20-26-11-13-27(32)14-12-26)30(36)21-35(29-17-10-23(3)19-24(29)4)40(38,39)28-15-8-22(2)9-16-28/h8-17,19,25H,6-7,18,20-21H2,1-5H3,(H,33,37). The SMILES string of the molecule is CCCCNC(=O)C(C)N(Cc1ccc(F)cc1)C(=O)CN(c1ccc(C)cc1C)S(=O)(=O)c1ccc(C)cc1. The third kappa shape index (κ3) is 7.69. The highest BCUT2D eigenvalue weighted by molar-refractivity contribution is 7.92. The minimum Gasteiger partial charge on any atom is -0.354 e. The number of anilines is 1.